The molecule has 8 heteroatoms. The lowest BCUT2D eigenvalue weighted by atomic mass is 10.3. The Kier molecular flexibility index (Phi) is 5.58. The van der Waals surface area contributed by atoms with Crippen LogP contribution in [0.4, 0.5) is 11.5 Å². The number of hydrogen-bond acceptors (Lipinski definition) is 7. The third-order valence-corrected chi connectivity index (χ3v) is 2.87. The summed E-state index contributed by atoms with van der Waals surface area (Å²) in [5, 5.41) is 14.2. The Labute approximate surface area is 127 Å². The van der Waals surface area contributed by atoms with Gasteiger partial charge in [-0.1, -0.05) is 19.4 Å². The quantitative estimate of drug-likeness (QED) is 0.454. The number of hydrogen-bond donors (Lipinski definition) is 1. The van der Waals surface area contributed by atoms with Crippen LogP contribution in [0.15, 0.2) is 30.7 Å². The zero-order valence-electron chi connectivity index (χ0n) is 12.2. The molecule has 2 rings (SSSR count). The number of anilines is 1. The third kappa shape index (κ3) is 4.11. The second-order valence-electron chi connectivity index (χ2n) is 4.51. The fourth-order valence-corrected chi connectivity index (χ4v) is 1.75. The van der Waals surface area contributed by atoms with Crippen LogP contribution < -0.4 is 10.1 Å². The van der Waals surface area contributed by atoms with Gasteiger partial charge in [0.2, 0.25) is 5.82 Å². The number of pyridine rings is 1. The summed E-state index contributed by atoms with van der Waals surface area (Å²) in [5.41, 5.74) is 0.499. The van der Waals surface area contributed by atoms with E-state index in [1.165, 1.54) is 6.33 Å². The van der Waals surface area contributed by atoms with Crippen molar-refractivity contribution < 1.29 is 9.66 Å². The molecule has 0 amide bonds. The van der Waals surface area contributed by atoms with E-state index in [1.54, 1.807) is 12.3 Å². The molecule has 1 N–H and O–H groups in total. The van der Waals surface area contributed by atoms with E-state index in [0.29, 0.717) is 13.2 Å². The van der Waals surface area contributed by atoms with E-state index < -0.39 is 4.92 Å². The van der Waals surface area contributed by atoms with Gasteiger partial charge in [0.25, 0.3) is 5.88 Å². The maximum absolute atomic E-state index is 11.3. The van der Waals surface area contributed by atoms with Crippen LogP contribution in [0.3, 0.4) is 0 Å². The highest BCUT2D eigenvalue weighted by Gasteiger charge is 2.24. The van der Waals surface area contributed by atoms with E-state index in [1.807, 2.05) is 19.1 Å². The lowest BCUT2D eigenvalue weighted by Gasteiger charge is -2.09. The molecule has 0 bridgehead atoms. The van der Waals surface area contributed by atoms with Crippen LogP contribution in [0.1, 0.15) is 25.5 Å². The van der Waals surface area contributed by atoms with Gasteiger partial charge < -0.3 is 10.1 Å². The standard InChI is InChI=1S/C14H17N5O3/c1-2-3-8-22-14-12(19(20)21)13(17-10-18-14)16-9-11-6-4-5-7-15-11/h4-7,10H,2-3,8-9H2,1H3,(H,16,17,18). The summed E-state index contributed by atoms with van der Waals surface area (Å²) in [6.45, 7) is 2.72. The smallest absolute Gasteiger partial charge is 0.372 e. The maximum atomic E-state index is 11.3. The van der Waals surface area contributed by atoms with Crippen molar-refractivity contribution in [3.05, 3.63) is 46.5 Å². The average molecular weight is 303 g/mol. The monoisotopic (exact) mass is 303 g/mol. The van der Waals surface area contributed by atoms with Gasteiger partial charge in [-0.3, -0.25) is 15.1 Å². The Morgan fingerprint density at radius 3 is 2.86 bits per heavy atom. The molecule has 116 valence electrons. The third-order valence-electron chi connectivity index (χ3n) is 2.87. The van der Waals surface area contributed by atoms with Crippen LogP contribution in [0.25, 0.3) is 0 Å². The van der Waals surface area contributed by atoms with Crippen molar-refractivity contribution in [2.45, 2.75) is 26.3 Å². The van der Waals surface area contributed by atoms with Crippen LogP contribution in [0, 0.1) is 10.1 Å². The Morgan fingerprint density at radius 2 is 2.18 bits per heavy atom. The maximum Gasteiger partial charge on any atom is 0.372 e. The summed E-state index contributed by atoms with van der Waals surface area (Å²) in [4.78, 5) is 22.7. The van der Waals surface area contributed by atoms with E-state index in [-0.39, 0.29) is 17.4 Å². The Hall–Kier alpha value is -2.77. The van der Waals surface area contributed by atoms with Crippen LogP contribution in [0.2, 0.25) is 0 Å². The number of ether oxygens (including phenoxy) is 1. The van der Waals surface area contributed by atoms with Gasteiger partial charge in [-0.15, -0.1) is 0 Å². The molecular weight excluding hydrogens is 286 g/mol. The fourth-order valence-electron chi connectivity index (χ4n) is 1.75. The lowest BCUT2D eigenvalue weighted by Crippen LogP contribution is -2.09. The molecule has 0 aliphatic rings. The molecule has 0 saturated heterocycles. The Morgan fingerprint density at radius 1 is 1.32 bits per heavy atom. The van der Waals surface area contributed by atoms with Crippen LogP contribution >= 0.6 is 0 Å². The first-order valence-electron chi connectivity index (χ1n) is 6.98. The molecule has 0 spiro atoms. The van der Waals surface area contributed by atoms with Crippen LogP contribution in [-0.4, -0.2) is 26.5 Å². The van der Waals surface area contributed by atoms with Crippen molar-refractivity contribution in [1.29, 1.82) is 0 Å². The summed E-state index contributed by atoms with van der Waals surface area (Å²) in [7, 11) is 0. The number of unbranched alkanes of at least 4 members (excludes halogenated alkanes) is 1. The molecule has 0 fully saturated rings. The Bertz CT molecular complexity index is 621. The molecule has 0 aromatic carbocycles. The summed E-state index contributed by atoms with van der Waals surface area (Å²) in [6, 6.07) is 5.46. The van der Waals surface area contributed by atoms with Crippen molar-refractivity contribution in [3.63, 3.8) is 0 Å². The lowest BCUT2D eigenvalue weighted by molar-refractivity contribution is -0.385. The van der Waals surface area contributed by atoms with E-state index >= 15 is 0 Å². The zero-order valence-corrected chi connectivity index (χ0v) is 12.2. The molecule has 2 aromatic rings. The SMILES string of the molecule is CCCCOc1ncnc(NCc2ccccn2)c1[N+](=O)[O-]. The molecule has 0 aliphatic heterocycles. The zero-order chi connectivity index (χ0) is 15.8. The second-order valence-corrected chi connectivity index (χ2v) is 4.51. The predicted octanol–water partition coefficient (Wildman–Crippen LogP) is 2.57. The summed E-state index contributed by atoms with van der Waals surface area (Å²) in [5.74, 6) is 0.106. The van der Waals surface area contributed by atoms with Gasteiger partial charge in [0.05, 0.1) is 23.8 Å². The van der Waals surface area contributed by atoms with Gasteiger partial charge in [0.15, 0.2) is 0 Å². The molecule has 0 unspecified atom stereocenters. The first kappa shape index (κ1) is 15.6. The largest absolute Gasteiger partial charge is 0.473 e. The highest BCUT2D eigenvalue weighted by molar-refractivity contribution is 5.61. The molecule has 2 heterocycles. The molecular formula is C14H17N5O3. The minimum atomic E-state index is -0.540. The number of rotatable bonds is 8. The second kappa shape index (κ2) is 7.87. The van der Waals surface area contributed by atoms with Crippen molar-refractivity contribution in [2.24, 2.45) is 0 Å². The van der Waals surface area contributed by atoms with Gasteiger partial charge in [0, 0.05) is 6.20 Å². The van der Waals surface area contributed by atoms with Crippen LogP contribution in [-0.2, 0) is 6.54 Å². The first-order valence-corrected chi connectivity index (χ1v) is 6.98. The van der Waals surface area contributed by atoms with E-state index in [0.717, 1.165) is 18.5 Å². The summed E-state index contributed by atoms with van der Waals surface area (Å²) in [6.07, 6.45) is 4.64. The Balaban J connectivity index is 2.15. The number of nitrogens with zero attached hydrogens (tertiary/aromatic N) is 4. The van der Waals surface area contributed by atoms with Gasteiger partial charge in [-0.05, 0) is 18.6 Å². The molecule has 0 radical (unpaired) electrons. The summed E-state index contributed by atoms with van der Waals surface area (Å²) < 4.78 is 5.38. The van der Waals surface area contributed by atoms with Crippen molar-refractivity contribution >= 4 is 11.5 Å². The minimum absolute atomic E-state index is 0.0167. The summed E-state index contributed by atoms with van der Waals surface area (Å²) >= 11 is 0. The molecule has 0 saturated carbocycles. The van der Waals surface area contributed by atoms with Gasteiger partial charge in [0.1, 0.15) is 6.33 Å². The topological polar surface area (TPSA) is 103 Å². The molecule has 0 atom stereocenters. The normalized spacial score (nSPS) is 10.2. The average Bonchev–Trinajstić information content (AvgIpc) is 2.54. The molecule has 8 nitrogen and oxygen atoms in total. The molecule has 22 heavy (non-hydrogen) atoms. The van der Waals surface area contributed by atoms with Crippen molar-refractivity contribution in [3.8, 4) is 5.88 Å². The predicted molar refractivity (Wildman–Crippen MR) is 80.7 cm³/mol. The van der Waals surface area contributed by atoms with Crippen molar-refractivity contribution in [1.82, 2.24) is 15.0 Å². The number of nitrogens with one attached hydrogen (secondary N) is 1. The van der Waals surface area contributed by atoms with E-state index in [4.69, 9.17) is 4.74 Å². The van der Waals surface area contributed by atoms with Gasteiger partial charge in [-0.2, -0.15) is 4.98 Å². The van der Waals surface area contributed by atoms with Crippen LogP contribution in [0.5, 0.6) is 5.88 Å². The first-order chi connectivity index (χ1) is 10.7. The molecule has 0 aliphatic carbocycles. The van der Waals surface area contributed by atoms with Gasteiger partial charge in [-0.25, -0.2) is 4.98 Å². The molecule has 2 aromatic heterocycles. The minimum Gasteiger partial charge on any atom is -0.473 e. The van der Waals surface area contributed by atoms with E-state index in [2.05, 4.69) is 20.3 Å². The highest BCUT2D eigenvalue weighted by Crippen LogP contribution is 2.31. The van der Waals surface area contributed by atoms with E-state index in [9.17, 15) is 10.1 Å². The number of nitro groups is 1. The van der Waals surface area contributed by atoms with Crippen molar-refractivity contribution in [2.75, 3.05) is 11.9 Å². The highest BCUT2D eigenvalue weighted by atomic mass is 16.6. The van der Waals surface area contributed by atoms with Gasteiger partial charge >= 0.3 is 5.69 Å². The fraction of sp³-hybridized carbons (Fsp3) is 0.357. The number of aromatic nitrogens is 3.